The van der Waals surface area contributed by atoms with Crippen LogP contribution in [0.25, 0.3) is 10.9 Å². The molecular weight excluding hydrogens is 456 g/mol. The summed E-state index contributed by atoms with van der Waals surface area (Å²) in [6, 6.07) is 13.8. The minimum absolute atomic E-state index is 0.00789. The van der Waals surface area contributed by atoms with Gasteiger partial charge in [0.1, 0.15) is 0 Å². The van der Waals surface area contributed by atoms with E-state index in [4.69, 9.17) is 0 Å². The van der Waals surface area contributed by atoms with Gasteiger partial charge in [-0.15, -0.1) is 0 Å². The Bertz CT molecular complexity index is 1280. The molecule has 1 saturated heterocycles. The number of aromatic amines is 1. The lowest BCUT2D eigenvalue weighted by Crippen LogP contribution is -2.51. The molecule has 9 heteroatoms. The number of amides is 4. The van der Waals surface area contributed by atoms with Crippen LogP contribution in [0.3, 0.4) is 0 Å². The molecule has 5 rings (SSSR count). The van der Waals surface area contributed by atoms with E-state index in [-0.39, 0.29) is 30.3 Å². The van der Waals surface area contributed by atoms with Gasteiger partial charge in [-0.25, -0.2) is 4.79 Å². The molecule has 188 valence electrons. The topological polar surface area (TPSA) is 102 Å². The maximum atomic E-state index is 13.3. The minimum Gasteiger partial charge on any atom is -0.349 e. The molecule has 1 atom stereocenters. The van der Waals surface area contributed by atoms with Gasteiger partial charge in [0.05, 0.1) is 17.6 Å². The van der Waals surface area contributed by atoms with Crippen molar-refractivity contribution < 1.29 is 14.4 Å². The molecule has 1 fully saturated rings. The molecule has 2 aliphatic heterocycles. The number of anilines is 1. The van der Waals surface area contributed by atoms with Crippen molar-refractivity contribution in [1.29, 1.82) is 0 Å². The Labute approximate surface area is 210 Å². The summed E-state index contributed by atoms with van der Waals surface area (Å²) in [6.07, 6.45) is 3.88. The van der Waals surface area contributed by atoms with Gasteiger partial charge in [-0.3, -0.25) is 14.7 Å². The first-order chi connectivity index (χ1) is 17.4. The molecule has 4 amide bonds. The van der Waals surface area contributed by atoms with Crippen LogP contribution in [0.15, 0.2) is 48.7 Å². The van der Waals surface area contributed by atoms with Crippen molar-refractivity contribution >= 4 is 34.4 Å². The summed E-state index contributed by atoms with van der Waals surface area (Å²) in [5.41, 5.74) is 3.93. The number of carbonyl (C=O) groups excluding carboxylic acids is 3. The Morgan fingerprint density at radius 2 is 1.92 bits per heavy atom. The van der Waals surface area contributed by atoms with Crippen LogP contribution in [-0.2, 0) is 22.6 Å². The van der Waals surface area contributed by atoms with Crippen molar-refractivity contribution in [3.05, 3.63) is 59.8 Å². The third-order valence-corrected chi connectivity index (χ3v) is 7.32. The molecule has 0 bridgehead atoms. The van der Waals surface area contributed by atoms with E-state index in [0.29, 0.717) is 26.1 Å². The standard InChI is InChI=1S/C27H32N6O3/c1-31(2)26(35)20(13-18-7-8-24-21(14-18)16-28-30-24)15-25(34)32-11-9-22(10-12-32)33-17-19-5-3-4-6-23(19)29-27(33)36/h3-8,14,16,20,22H,9-13,15,17H2,1-2H3,(H,28,30)(H,29,36). The smallest absolute Gasteiger partial charge is 0.322 e. The summed E-state index contributed by atoms with van der Waals surface area (Å²) in [7, 11) is 3.46. The Morgan fingerprint density at radius 3 is 2.69 bits per heavy atom. The molecule has 0 aliphatic carbocycles. The number of hydrogen-bond donors (Lipinski definition) is 2. The highest BCUT2D eigenvalue weighted by Crippen LogP contribution is 2.28. The van der Waals surface area contributed by atoms with Gasteiger partial charge >= 0.3 is 6.03 Å². The van der Waals surface area contributed by atoms with Crippen LogP contribution >= 0.6 is 0 Å². The number of benzene rings is 2. The van der Waals surface area contributed by atoms with Gasteiger partial charge < -0.3 is 20.0 Å². The molecule has 1 unspecified atom stereocenters. The summed E-state index contributed by atoms with van der Waals surface area (Å²) < 4.78 is 0. The van der Waals surface area contributed by atoms with Crippen molar-refractivity contribution in [2.24, 2.45) is 5.92 Å². The van der Waals surface area contributed by atoms with Crippen LogP contribution in [0.2, 0.25) is 0 Å². The van der Waals surface area contributed by atoms with E-state index in [1.165, 1.54) is 0 Å². The zero-order chi connectivity index (χ0) is 25.2. The van der Waals surface area contributed by atoms with E-state index in [1.807, 2.05) is 52.3 Å². The lowest BCUT2D eigenvalue weighted by Gasteiger charge is -2.40. The minimum atomic E-state index is -0.432. The predicted molar refractivity (Wildman–Crippen MR) is 137 cm³/mol. The number of rotatable bonds is 6. The molecule has 9 nitrogen and oxygen atoms in total. The number of aromatic nitrogens is 2. The Kier molecular flexibility index (Phi) is 6.63. The van der Waals surface area contributed by atoms with Crippen LogP contribution < -0.4 is 5.32 Å². The Hall–Kier alpha value is -3.88. The van der Waals surface area contributed by atoms with Crippen LogP contribution in [0.4, 0.5) is 10.5 Å². The first-order valence-electron chi connectivity index (χ1n) is 12.5. The average Bonchev–Trinajstić information content (AvgIpc) is 3.35. The second-order valence-corrected chi connectivity index (χ2v) is 9.96. The van der Waals surface area contributed by atoms with Gasteiger partial charge in [0.2, 0.25) is 11.8 Å². The summed E-state index contributed by atoms with van der Waals surface area (Å²) >= 11 is 0. The number of piperidine rings is 1. The summed E-state index contributed by atoms with van der Waals surface area (Å²) in [5.74, 6) is -0.486. The SMILES string of the molecule is CN(C)C(=O)C(CC(=O)N1CCC(N2Cc3ccccc3NC2=O)CC1)Cc1ccc2[nH]ncc2c1. The van der Waals surface area contributed by atoms with Gasteiger partial charge in [0.15, 0.2) is 0 Å². The fourth-order valence-corrected chi connectivity index (χ4v) is 5.30. The van der Waals surface area contributed by atoms with Crippen molar-refractivity contribution in [1.82, 2.24) is 24.9 Å². The normalized spacial score (nSPS) is 17.0. The summed E-state index contributed by atoms with van der Waals surface area (Å²) in [5, 5.41) is 11.0. The fraction of sp³-hybridized carbons (Fsp3) is 0.407. The first kappa shape index (κ1) is 23.8. The number of nitrogens with zero attached hydrogens (tertiary/aromatic N) is 4. The van der Waals surface area contributed by atoms with Gasteiger partial charge in [0.25, 0.3) is 0 Å². The number of likely N-dealkylation sites (tertiary alicyclic amines) is 1. The second-order valence-electron chi connectivity index (χ2n) is 9.96. The van der Waals surface area contributed by atoms with Crippen LogP contribution in [0, 0.1) is 5.92 Å². The highest BCUT2D eigenvalue weighted by atomic mass is 16.2. The molecule has 1 aromatic heterocycles. The average molecular weight is 489 g/mol. The number of urea groups is 1. The zero-order valence-corrected chi connectivity index (χ0v) is 20.7. The third kappa shape index (κ3) is 4.91. The lowest BCUT2D eigenvalue weighted by molar-refractivity contribution is -0.140. The van der Waals surface area contributed by atoms with Gasteiger partial charge in [0, 0.05) is 57.3 Å². The first-order valence-corrected chi connectivity index (χ1v) is 12.5. The van der Waals surface area contributed by atoms with Crippen molar-refractivity contribution in [2.75, 3.05) is 32.5 Å². The van der Waals surface area contributed by atoms with E-state index in [1.54, 1.807) is 25.2 Å². The van der Waals surface area contributed by atoms with Crippen LogP contribution in [0.5, 0.6) is 0 Å². The van der Waals surface area contributed by atoms with E-state index < -0.39 is 5.92 Å². The number of carbonyl (C=O) groups is 3. The van der Waals surface area contributed by atoms with E-state index in [2.05, 4.69) is 15.5 Å². The van der Waals surface area contributed by atoms with Crippen LogP contribution in [0.1, 0.15) is 30.4 Å². The molecule has 0 spiro atoms. The molecule has 3 heterocycles. The molecule has 0 radical (unpaired) electrons. The lowest BCUT2D eigenvalue weighted by atomic mass is 9.93. The number of H-pyrrole nitrogens is 1. The second kappa shape index (κ2) is 10.0. The van der Waals surface area contributed by atoms with E-state index >= 15 is 0 Å². The maximum Gasteiger partial charge on any atom is 0.322 e. The zero-order valence-electron chi connectivity index (χ0n) is 20.7. The van der Waals surface area contributed by atoms with Gasteiger partial charge in [-0.1, -0.05) is 24.3 Å². The van der Waals surface area contributed by atoms with Crippen molar-refractivity contribution in [2.45, 2.75) is 38.3 Å². The van der Waals surface area contributed by atoms with Crippen molar-refractivity contribution in [3.8, 4) is 0 Å². The predicted octanol–water partition coefficient (Wildman–Crippen LogP) is 3.24. The molecule has 3 aromatic rings. The van der Waals surface area contributed by atoms with Crippen LogP contribution in [-0.4, -0.2) is 76.0 Å². The molecule has 2 aliphatic rings. The van der Waals surface area contributed by atoms with E-state index in [0.717, 1.165) is 40.6 Å². The maximum absolute atomic E-state index is 13.3. The highest BCUT2D eigenvalue weighted by Gasteiger charge is 2.34. The largest absolute Gasteiger partial charge is 0.349 e. The molecular formula is C27H32N6O3. The molecule has 0 saturated carbocycles. The Morgan fingerprint density at radius 1 is 1.14 bits per heavy atom. The Balaban J connectivity index is 1.21. The van der Waals surface area contributed by atoms with Gasteiger partial charge in [-0.2, -0.15) is 5.10 Å². The fourth-order valence-electron chi connectivity index (χ4n) is 5.30. The number of para-hydroxylation sites is 1. The number of hydrogen-bond acceptors (Lipinski definition) is 4. The monoisotopic (exact) mass is 488 g/mol. The number of nitrogens with one attached hydrogen (secondary N) is 2. The molecule has 2 N–H and O–H groups in total. The van der Waals surface area contributed by atoms with Crippen molar-refractivity contribution in [3.63, 3.8) is 0 Å². The third-order valence-electron chi connectivity index (χ3n) is 7.32. The summed E-state index contributed by atoms with van der Waals surface area (Å²) in [6.45, 7) is 1.75. The number of fused-ring (bicyclic) bond motifs is 2. The van der Waals surface area contributed by atoms with Gasteiger partial charge in [-0.05, 0) is 48.6 Å². The quantitative estimate of drug-likeness (QED) is 0.556. The highest BCUT2D eigenvalue weighted by molar-refractivity contribution is 5.92. The summed E-state index contributed by atoms with van der Waals surface area (Å²) in [4.78, 5) is 44.2. The van der Waals surface area contributed by atoms with E-state index in [9.17, 15) is 14.4 Å². The molecule has 2 aromatic carbocycles. The molecule has 36 heavy (non-hydrogen) atoms.